The third-order valence-electron chi connectivity index (χ3n) is 1.58. The quantitative estimate of drug-likeness (QED) is 0.678. The number of hydrogen-bond donors (Lipinski definition) is 1. The molecule has 2 heteroatoms. The van der Waals surface area contributed by atoms with Gasteiger partial charge in [0.2, 0.25) is 0 Å². The molecular formula is C10H13FN. The van der Waals surface area contributed by atoms with E-state index in [0.29, 0.717) is 0 Å². The van der Waals surface area contributed by atoms with Crippen LogP contribution in [0.3, 0.4) is 0 Å². The normalized spacial score (nSPS) is 9.83. The van der Waals surface area contributed by atoms with Gasteiger partial charge in [0.1, 0.15) is 5.82 Å². The van der Waals surface area contributed by atoms with Crippen LogP contribution >= 0.6 is 0 Å². The first-order chi connectivity index (χ1) is 5.83. The zero-order valence-electron chi connectivity index (χ0n) is 7.02. The second-order valence-electron chi connectivity index (χ2n) is 2.64. The molecular weight excluding hydrogens is 153 g/mol. The molecule has 12 heavy (non-hydrogen) atoms. The van der Waals surface area contributed by atoms with Crippen molar-refractivity contribution in [3.8, 4) is 0 Å². The van der Waals surface area contributed by atoms with Crippen LogP contribution < -0.4 is 5.32 Å². The van der Waals surface area contributed by atoms with E-state index < -0.39 is 0 Å². The van der Waals surface area contributed by atoms with Gasteiger partial charge in [-0.15, -0.1) is 0 Å². The molecule has 0 saturated carbocycles. The molecule has 0 aliphatic carbocycles. The van der Waals surface area contributed by atoms with Gasteiger partial charge in [-0.1, -0.05) is 19.4 Å². The summed E-state index contributed by atoms with van der Waals surface area (Å²) in [7, 11) is 0. The van der Waals surface area contributed by atoms with E-state index in [2.05, 4.69) is 12.2 Å². The lowest BCUT2D eigenvalue weighted by molar-refractivity contribution is 0.628. The van der Waals surface area contributed by atoms with Crippen LogP contribution in [0.2, 0.25) is 0 Å². The molecule has 0 fully saturated rings. The van der Waals surface area contributed by atoms with Gasteiger partial charge >= 0.3 is 0 Å². The molecule has 1 rings (SSSR count). The van der Waals surface area contributed by atoms with Crippen molar-refractivity contribution in [2.45, 2.75) is 12.8 Å². The van der Waals surface area contributed by atoms with Crippen LogP contribution in [0, 0.1) is 12.7 Å². The van der Waals surface area contributed by atoms with Gasteiger partial charge in [0.05, 0.1) is 0 Å². The van der Waals surface area contributed by atoms with Gasteiger partial charge in [-0.05, 0) is 24.6 Å². The lowest BCUT2D eigenvalue weighted by Crippen LogP contribution is -2.00. The zero-order valence-corrected chi connectivity index (χ0v) is 7.02. The molecule has 1 radical (unpaired) electrons. The Bertz CT molecular complexity index is 235. The van der Waals surface area contributed by atoms with Crippen molar-refractivity contribution >= 4 is 5.69 Å². The van der Waals surface area contributed by atoms with E-state index in [1.165, 1.54) is 12.1 Å². The molecule has 0 amide bonds. The van der Waals surface area contributed by atoms with Crippen LogP contribution in [0.15, 0.2) is 24.3 Å². The Balaban J connectivity index is 2.41. The fourth-order valence-corrected chi connectivity index (χ4v) is 0.956. The second kappa shape index (κ2) is 4.75. The number of rotatable bonds is 4. The summed E-state index contributed by atoms with van der Waals surface area (Å²) in [6.07, 6.45) is 1.92. The molecule has 0 heterocycles. The average Bonchev–Trinajstić information content (AvgIpc) is 2.05. The van der Waals surface area contributed by atoms with Gasteiger partial charge < -0.3 is 5.32 Å². The number of hydrogen-bond acceptors (Lipinski definition) is 1. The van der Waals surface area contributed by atoms with E-state index in [9.17, 15) is 4.39 Å². The fraction of sp³-hybridized carbons (Fsp3) is 0.300. The van der Waals surface area contributed by atoms with Crippen LogP contribution in [0.4, 0.5) is 10.1 Å². The summed E-state index contributed by atoms with van der Waals surface area (Å²) in [5, 5.41) is 3.11. The molecule has 0 bridgehead atoms. The smallest absolute Gasteiger partial charge is 0.125 e. The molecule has 65 valence electrons. The minimum Gasteiger partial charge on any atom is -0.385 e. The highest BCUT2D eigenvalue weighted by atomic mass is 19.1. The molecule has 0 spiro atoms. The van der Waals surface area contributed by atoms with Crippen molar-refractivity contribution in [3.05, 3.63) is 37.0 Å². The van der Waals surface area contributed by atoms with Gasteiger partial charge in [0.25, 0.3) is 0 Å². The molecule has 0 unspecified atom stereocenters. The van der Waals surface area contributed by atoms with E-state index in [-0.39, 0.29) is 5.82 Å². The van der Waals surface area contributed by atoms with Gasteiger partial charge in [0.15, 0.2) is 0 Å². The highest BCUT2D eigenvalue weighted by molar-refractivity contribution is 5.42. The molecule has 0 aromatic heterocycles. The predicted molar refractivity (Wildman–Crippen MR) is 49.5 cm³/mol. The van der Waals surface area contributed by atoms with E-state index in [1.54, 1.807) is 6.07 Å². The number of halogens is 1. The summed E-state index contributed by atoms with van der Waals surface area (Å²) in [4.78, 5) is 0. The first-order valence-corrected chi connectivity index (χ1v) is 4.11. The van der Waals surface area contributed by atoms with Crippen LogP contribution in [0.1, 0.15) is 12.8 Å². The number of anilines is 1. The van der Waals surface area contributed by atoms with Crippen molar-refractivity contribution in [2.24, 2.45) is 0 Å². The maximum Gasteiger partial charge on any atom is 0.125 e. The Morgan fingerprint density at radius 2 is 2.25 bits per heavy atom. The van der Waals surface area contributed by atoms with Crippen LogP contribution in [-0.4, -0.2) is 6.54 Å². The van der Waals surface area contributed by atoms with Crippen molar-refractivity contribution in [1.29, 1.82) is 0 Å². The minimum atomic E-state index is -0.199. The molecule has 0 aliphatic rings. The fourth-order valence-electron chi connectivity index (χ4n) is 0.956. The first-order valence-electron chi connectivity index (χ1n) is 4.11. The standard InChI is InChI=1S/C10H13FN/c1-2-3-7-12-10-6-4-5-9(11)8-10/h4-6,8,12H,1-3,7H2. The van der Waals surface area contributed by atoms with Gasteiger partial charge in [-0.2, -0.15) is 0 Å². The van der Waals surface area contributed by atoms with Crippen molar-refractivity contribution in [3.63, 3.8) is 0 Å². The van der Waals surface area contributed by atoms with Crippen LogP contribution in [0.25, 0.3) is 0 Å². The lowest BCUT2D eigenvalue weighted by atomic mass is 10.3. The number of unbranched alkanes of at least 4 members (excludes halogenated alkanes) is 1. The van der Waals surface area contributed by atoms with Crippen molar-refractivity contribution < 1.29 is 4.39 Å². The molecule has 1 aromatic rings. The molecule has 0 aliphatic heterocycles. The largest absolute Gasteiger partial charge is 0.385 e. The topological polar surface area (TPSA) is 12.0 Å². The van der Waals surface area contributed by atoms with E-state index in [4.69, 9.17) is 0 Å². The van der Waals surface area contributed by atoms with Crippen LogP contribution in [-0.2, 0) is 0 Å². The molecule has 0 atom stereocenters. The summed E-state index contributed by atoms with van der Waals surface area (Å²) in [5.41, 5.74) is 0.837. The minimum absolute atomic E-state index is 0.199. The van der Waals surface area contributed by atoms with Gasteiger partial charge in [0, 0.05) is 12.2 Å². The SMILES string of the molecule is [CH2]CCCNc1cccc(F)c1. The molecule has 0 saturated heterocycles. The van der Waals surface area contributed by atoms with Crippen molar-refractivity contribution in [1.82, 2.24) is 0 Å². The molecule has 1 nitrogen and oxygen atoms in total. The van der Waals surface area contributed by atoms with Gasteiger partial charge in [-0.3, -0.25) is 0 Å². The Labute approximate surface area is 72.6 Å². The summed E-state index contributed by atoms with van der Waals surface area (Å²) < 4.78 is 12.6. The predicted octanol–water partition coefficient (Wildman–Crippen LogP) is 2.85. The van der Waals surface area contributed by atoms with Crippen LogP contribution in [0.5, 0.6) is 0 Å². The summed E-state index contributed by atoms with van der Waals surface area (Å²) in [5.74, 6) is -0.199. The highest BCUT2D eigenvalue weighted by Gasteiger charge is 1.92. The number of benzene rings is 1. The van der Waals surface area contributed by atoms with E-state index in [1.807, 2.05) is 6.07 Å². The van der Waals surface area contributed by atoms with Gasteiger partial charge in [-0.25, -0.2) is 4.39 Å². The third kappa shape index (κ3) is 2.91. The molecule has 1 N–H and O–H groups in total. The summed E-state index contributed by atoms with van der Waals surface area (Å²) in [6, 6.07) is 6.48. The Kier molecular flexibility index (Phi) is 3.58. The maximum absolute atomic E-state index is 12.6. The first kappa shape index (κ1) is 9.04. The zero-order chi connectivity index (χ0) is 8.81. The van der Waals surface area contributed by atoms with Crippen molar-refractivity contribution in [2.75, 3.05) is 11.9 Å². The highest BCUT2D eigenvalue weighted by Crippen LogP contribution is 2.08. The number of nitrogens with one attached hydrogen (secondary N) is 1. The summed E-state index contributed by atoms with van der Waals surface area (Å²) in [6.45, 7) is 4.57. The average molecular weight is 166 g/mol. The maximum atomic E-state index is 12.6. The Hall–Kier alpha value is -1.05. The lowest BCUT2D eigenvalue weighted by Gasteiger charge is -2.04. The Morgan fingerprint density at radius 3 is 2.92 bits per heavy atom. The molecule has 1 aromatic carbocycles. The monoisotopic (exact) mass is 166 g/mol. The second-order valence-corrected chi connectivity index (χ2v) is 2.64. The summed E-state index contributed by atoms with van der Waals surface area (Å²) >= 11 is 0. The Morgan fingerprint density at radius 1 is 1.42 bits per heavy atom. The third-order valence-corrected chi connectivity index (χ3v) is 1.58. The van der Waals surface area contributed by atoms with E-state index >= 15 is 0 Å². The van der Waals surface area contributed by atoms with E-state index in [0.717, 1.165) is 25.1 Å².